The summed E-state index contributed by atoms with van der Waals surface area (Å²) in [6.45, 7) is 4.62. The maximum atomic E-state index is 12.9. The van der Waals surface area contributed by atoms with Crippen LogP contribution in [0.5, 0.6) is 0 Å². The van der Waals surface area contributed by atoms with E-state index in [-0.39, 0.29) is 12.3 Å². The van der Waals surface area contributed by atoms with Crippen LogP contribution >= 0.6 is 0 Å². The molecular formula is C23H36N5O11. The van der Waals surface area contributed by atoms with Crippen LogP contribution in [-0.4, -0.2) is 93.4 Å². The Morgan fingerprint density at radius 2 is 1.05 bits per heavy atom. The molecule has 0 saturated carbocycles. The number of hydrogen-bond acceptors (Lipinski definition) is 9. The van der Waals surface area contributed by atoms with E-state index in [1.165, 1.54) is 6.92 Å². The number of nitrogens with one attached hydrogen (secondary N) is 4. The Labute approximate surface area is 224 Å². The van der Waals surface area contributed by atoms with Crippen LogP contribution in [0.15, 0.2) is 0 Å². The normalized spacial score (nSPS) is 14.6. The molecule has 0 unspecified atom stereocenters. The van der Waals surface area contributed by atoms with Gasteiger partial charge in [-0.3, -0.25) is 38.4 Å². The molecule has 16 heteroatoms. The molecule has 219 valence electrons. The lowest BCUT2D eigenvalue weighted by molar-refractivity contribution is -0.140. The summed E-state index contributed by atoms with van der Waals surface area (Å²) in [5, 5.41) is 35.9. The van der Waals surface area contributed by atoms with Crippen molar-refractivity contribution in [2.75, 3.05) is 0 Å². The fourth-order valence-corrected chi connectivity index (χ4v) is 3.02. The molecule has 0 rings (SSSR count). The first-order chi connectivity index (χ1) is 18.1. The minimum Gasteiger partial charge on any atom is -0.481 e. The van der Waals surface area contributed by atoms with Gasteiger partial charge in [0.25, 0.3) is 0 Å². The molecule has 39 heavy (non-hydrogen) atoms. The van der Waals surface area contributed by atoms with E-state index in [1.807, 2.05) is 0 Å². The van der Waals surface area contributed by atoms with E-state index in [0.717, 1.165) is 0 Å². The van der Waals surface area contributed by atoms with E-state index in [4.69, 9.17) is 21.1 Å². The fourth-order valence-electron chi connectivity index (χ4n) is 3.02. The van der Waals surface area contributed by atoms with E-state index in [1.54, 1.807) is 20.1 Å². The van der Waals surface area contributed by atoms with Gasteiger partial charge in [-0.1, -0.05) is 13.8 Å². The lowest BCUT2D eigenvalue weighted by atomic mass is 10.0. The molecule has 0 aliphatic heterocycles. The molecule has 0 saturated heterocycles. The van der Waals surface area contributed by atoms with Gasteiger partial charge >= 0.3 is 17.9 Å². The van der Waals surface area contributed by atoms with Gasteiger partial charge in [0.1, 0.15) is 18.1 Å². The summed E-state index contributed by atoms with van der Waals surface area (Å²) >= 11 is 0. The second-order valence-corrected chi connectivity index (χ2v) is 9.10. The molecule has 4 amide bonds. The molecule has 0 bridgehead atoms. The van der Waals surface area contributed by atoms with Gasteiger partial charge in [0, 0.05) is 19.3 Å². The number of carboxylic acids is 3. The van der Waals surface area contributed by atoms with E-state index < -0.39 is 104 Å². The number of nitrogens with two attached hydrogens (primary N) is 1. The third-order valence-electron chi connectivity index (χ3n) is 5.41. The summed E-state index contributed by atoms with van der Waals surface area (Å²) in [5.74, 6) is -7.76. The van der Waals surface area contributed by atoms with Gasteiger partial charge < -0.3 is 42.3 Å². The Balaban J connectivity index is 5.60. The number of aliphatic carboxylic acids is 3. The molecule has 9 N–H and O–H groups in total. The van der Waals surface area contributed by atoms with Crippen LogP contribution in [0.25, 0.3) is 0 Å². The highest BCUT2D eigenvalue weighted by Crippen LogP contribution is 2.06. The monoisotopic (exact) mass is 558 g/mol. The van der Waals surface area contributed by atoms with Crippen molar-refractivity contribution in [2.24, 2.45) is 11.7 Å². The van der Waals surface area contributed by atoms with Crippen molar-refractivity contribution in [3.63, 3.8) is 0 Å². The third kappa shape index (κ3) is 14.4. The van der Waals surface area contributed by atoms with Crippen LogP contribution in [0.4, 0.5) is 0 Å². The van der Waals surface area contributed by atoms with Crippen molar-refractivity contribution in [3.8, 4) is 0 Å². The summed E-state index contributed by atoms with van der Waals surface area (Å²) in [7, 11) is 0. The van der Waals surface area contributed by atoms with Crippen LogP contribution in [0, 0.1) is 5.92 Å². The summed E-state index contributed by atoms with van der Waals surface area (Å²) in [4.78, 5) is 94.3. The molecule has 0 fully saturated rings. The smallest absolute Gasteiger partial charge is 0.303 e. The standard InChI is InChI=1S/C23H36N5O11/c1-11(2)16(10-29)28-20(36)12(3)25-22(38)14(5-8-18(32)33)27-23(39)15(6-9-19(34)35)26-21(37)13(24)4-7-17(30)31/h11-16H,4-9,24H2,1-3H3,(H,25,38)(H,26,37)(H,27,39)(H,28,36)(H,30,31)(H,32,33)(H,34,35)/t12-,13-,14-,15-,16+/m0/s1. The maximum Gasteiger partial charge on any atom is 0.303 e. The van der Waals surface area contributed by atoms with Gasteiger partial charge in [-0.2, -0.15) is 0 Å². The average Bonchev–Trinajstić information content (AvgIpc) is 2.84. The van der Waals surface area contributed by atoms with Gasteiger partial charge in [-0.05, 0) is 32.1 Å². The Hall–Kier alpha value is -4.08. The predicted molar refractivity (Wildman–Crippen MR) is 133 cm³/mol. The van der Waals surface area contributed by atoms with Crippen molar-refractivity contribution >= 4 is 47.8 Å². The minimum atomic E-state index is -1.51. The highest BCUT2D eigenvalue weighted by molar-refractivity contribution is 5.95. The quantitative estimate of drug-likeness (QED) is 0.0826. The molecule has 0 heterocycles. The van der Waals surface area contributed by atoms with Gasteiger partial charge in [-0.15, -0.1) is 0 Å². The Morgan fingerprint density at radius 3 is 1.46 bits per heavy atom. The zero-order valence-corrected chi connectivity index (χ0v) is 21.9. The first-order valence-electron chi connectivity index (χ1n) is 12.1. The molecular weight excluding hydrogens is 522 g/mol. The molecule has 0 aromatic carbocycles. The van der Waals surface area contributed by atoms with Gasteiger partial charge in [0.05, 0.1) is 12.1 Å². The average molecular weight is 559 g/mol. The number of carbonyl (C=O) groups is 7. The van der Waals surface area contributed by atoms with Crippen molar-refractivity contribution in [3.05, 3.63) is 0 Å². The van der Waals surface area contributed by atoms with Crippen molar-refractivity contribution < 1.29 is 53.7 Å². The molecule has 0 aromatic rings. The van der Waals surface area contributed by atoms with Crippen LogP contribution < -0.4 is 27.0 Å². The largest absolute Gasteiger partial charge is 0.481 e. The van der Waals surface area contributed by atoms with Gasteiger partial charge in [0.2, 0.25) is 29.9 Å². The number of hydrogen-bond donors (Lipinski definition) is 8. The van der Waals surface area contributed by atoms with Gasteiger partial charge in [-0.25, -0.2) is 0 Å². The van der Waals surface area contributed by atoms with Crippen LogP contribution in [0.2, 0.25) is 0 Å². The van der Waals surface area contributed by atoms with E-state index in [2.05, 4.69) is 21.3 Å². The molecule has 0 aliphatic carbocycles. The van der Waals surface area contributed by atoms with Crippen molar-refractivity contribution in [2.45, 2.75) is 89.5 Å². The third-order valence-corrected chi connectivity index (χ3v) is 5.41. The van der Waals surface area contributed by atoms with Crippen LogP contribution in [0.3, 0.4) is 0 Å². The molecule has 16 nitrogen and oxygen atoms in total. The summed E-state index contributed by atoms with van der Waals surface area (Å²) in [6, 6.07) is -6.50. The summed E-state index contributed by atoms with van der Waals surface area (Å²) < 4.78 is 0. The highest BCUT2D eigenvalue weighted by atomic mass is 16.4. The number of rotatable bonds is 19. The van der Waals surface area contributed by atoms with E-state index in [0.29, 0.717) is 0 Å². The molecule has 0 spiro atoms. The number of amides is 4. The first-order valence-corrected chi connectivity index (χ1v) is 12.1. The van der Waals surface area contributed by atoms with E-state index >= 15 is 0 Å². The first kappa shape index (κ1) is 34.9. The number of carbonyl (C=O) groups excluding carboxylic acids is 5. The predicted octanol–water partition coefficient (Wildman–Crippen LogP) is -2.37. The Morgan fingerprint density at radius 1 is 0.641 bits per heavy atom. The zero-order chi connectivity index (χ0) is 30.3. The lowest BCUT2D eigenvalue weighted by Gasteiger charge is -2.25. The van der Waals surface area contributed by atoms with Crippen molar-refractivity contribution in [1.82, 2.24) is 21.3 Å². The fraction of sp³-hybridized carbons (Fsp3) is 0.652. The molecule has 0 aromatic heterocycles. The van der Waals surface area contributed by atoms with Crippen molar-refractivity contribution in [1.29, 1.82) is 0 Å². The number of carboxylic acid groups (broad SMARTS) is 3. The maximum absolute atomic E-state index is 12.9. The second-order valence-electron chi connectivity index (χ2n) is 9.10. The molecule has 1 radical (unpaired) electrons. The van der Waals surface area contributed by atoms with Crippen LogP contribution in [0.1, 0.15) is 59.3 Å². The van der Waals surface area contributed by atoms with E-state index in [9.17, 15) is 38.4 Å². The molecule has 0 aliphatic rings. The minimum absolute atomic E-state index is 0.266. The topological polar surface area (TPSA) is 271 Å². The SMILES string of the molecule is CC(C)[C@@H]([C]=O)NC(=O)[C@H](C)NC(=O)[C@H](CCC(=O)O)NC(=O)[C@H](CCC(=O)O)NC(=O)[C@@H](N)CCC(=O)O. The Bertz CT molecular complexity index is 924. The summed E-state index contributed by atoms with van der Waals surface area (Å²) in [5.41, 5.74) is 5.63. The lowest BCUT2D eigenvalue weighted by Crippen LogP contribution is -2.58. The van der Waals surface area contributed by atoms with Gasteiger partial charge in [0.15, 0.2) is 0 Å². The zero-order valence-electron chi connectivity index (χ0n) is 21.9. The summed E-state index contributed by atoms with van der Waals surface area (Å²) in [6.07, 6.45) is -1.03. The Kier molecular flexibility index (Phi) is 15.6. The molecule has 5 atom stereocenters. The highest BCUT2D eigenvalue weighted by Gasteiger charge is 2.30. The second kappa shape index (κ2) is 17.4. The van der Waals surface area contributed by atoms with Crippen LogP contribution in [-0.2, 0) is 38.4 Å².